The minimum Gasteiger partial charge on any atom is -0.741 e. The Bertz CT molecular complexity index is 2670. The molecule has 0 aliphatic carbocycles. The molecule has 0 saturated heterocycles. The van der Waals surface area contributed by atoms with Gasteiger partial charge in [0, 0.05) is 11.1 Å². The van der Waals surface area contributed by atoms with Gasteiger partial charge in [0.15, 0.2) is 10.1 Å². The second kappa shape index (κ2) is 25.7. The molecule has 0 amide bonds. The second-order valence-electron chi connectivity index (χ2n) is 20.7. The molecule has 1 aromatic heterocycles. The van der Waals surface area contributed by atoms with Gasteiger partial charge in [0.05, 0.1) is 34.2 Å². The van der Waals surface area contributed by atoms with E-state index in [0.717, 1.165) is 45.3 Å². The number of aromatic nitrogens is 1. The minimum atomic E-state index is -6.09. The Hall–Kier alpha value is -5.57. The summed E-state index contributed by atoms with van der Waals surface area (Å²) in [7, 11) is -6.09. The third-order valence-electron chi connectivity index (χ3n) is 10.8. The number of aliphatic imine (C=N–C) groups is 2. The van der Waals surface area contributed by atoms with Gasteiger partial charge in [-0.15, -0.1) is 0 Å². The molecule has 0 spiro atoms. The zero-order valence-corrected chi connectivity index (χ0v) is 48.4. The first-order chi connectivity index (χ1) is 32.6. The van der Waals surface area contributed by atoms with Gasteiger partial charge in [0.25, 0.3) is 0 Å². The van der Waals surface area contributed by atoms with E-state index in [4.69, 9.17) is 27.9 Å². The maximum atomic E-state index is 10.7. The molecule has 71 heavy (non-hydrogen) atoms. The van der Waals surface area contributed by atoms with Crippen LogP contribution >= 0.6 is 0 Å². The zero-order valence-electron chi connectivity index (χ0n) is 43.1. The number of nitrogens with zero attached hydrogens (tertiary/aromatic N) is 3. The fraction of sp³-hybridized carbons (Fsp3) is 0.283. The summed E-state index contributed by atoms with van der Waals surface area (Å²) in [4.78, 5) is 16.4. The van der Waals surface area contributed by atoms with Crippen LogP contribution in [0, 0.1) is 0 Å². The Morgan fingerprint density at radius 1 is 0.423 bits per heavy atom. The fourth-order valence-electron chi connectivity index (χ4n) is 6.89. The van der Waals surface area contributed by atoms with E-state index in [2.05, 4.69) is 186 Å². The van der Waals surface area contributed by atoms with Gasteiger partial charge in [0.1, 0.15) is 0 Å². The van der Waals surface area contributed by atoms with Gasteiger partial charge in [-0.05, 0) is 68.2 Å². The summed E-state index contributed by atoms with van der Waals surface area (Å²) in [5.74, 6) is 0. The van der Waals surface area contributed by atoms with Crippen LogP contribution < -0.4 is 0 Å². The zero-order chi connectivity index (χ0) is 52.0. The van der Waals surface area contributed by atoms with E-state index in [0.29, 0.717) is 0 Å². The Kier molecular flexibility index (Phi) is 21.6. The number of benzene rings is 6. The van der Waals surface area contributed by atoms with Crippen molar-refractivity contribution < 1.29 is 26.1 Å². The van der Waals surface area contributed by atoms with Crippen molar-refractivity contribution >= 4 is 60.2 Å². The molecule has 370 valence electrons. The van der Waals surface area contributed by atoms with Crippen LogP contribution in [0.25, 0.3) is 0 Å². The van der Waals surface area contributed by atoms with Gasteiger partial charge in [0.2, 0.25) is 0 Å². The molecule has 0 fully saturated rings. The Balaban J connectivity index is 0.000000523. The largest absolute Gasteiger partial charge is 1.00 e. The van der Waals surface area contributed by atoms with Crippen LogP contribution in [-0.2, 0) is 31.8 Å². The molecule has 6 aromatic carbocycles. The van der Waals surface area contributed by atoms with Gasteiger partial charge in [-0.1, -0.05) is 247 Å². The van der Waals surface area contributed by atoms with Gasteiger partial charge >= 0.3 is 32.8 Å². The van der Waals surface area contributed by atoms with Crippen molar-refractivity contribution in [3.8, 4) is 0 Å². The quantitative estimate of drug-likeness (QED) is 0.0717. The summed E-state index contributed by atoms with van der Waals surface area (Å²) in [5, 5.41) is 0. The number of pyridine rings is 1. The molecule has 1 heterocycles. The number of hydrogen-bond donors (Lipinski definition) is 0. The van der Waals surface area contributed by atoms with Crippen molar-refractivity contribution in [2.24, 2.45) is 9.98 Å². The summed E-state index contributed by atoms with van der Waals surface area (Å²) in [6.45, 7) is 27.0. The summed E-state index contributed by atoms with van der Waals surface area (Å²) < 4.78 is 58.9. The molecule has 0 atom stereocenters. The van der Waals surface area contributed by atoms with Crippen LogP contribution in [0.2, 0.25) is 0 Å². The molecule has 6 nitrogen and oxygen atoms in total. The van der Waals surface area contributed by atoms with Crippen LogP contribution in [0.1, 0.15) is 128 Å². The molecule has 0 aliphatic heterocycles. The summed E-state index contributed by atoms with van der Waals surface area (Å²) in [5.41, 5.74) is 6.32. The van der Waals surface area contributed by atoms with E-state index < -0.39 is 15.6 Å². The van der Waals surface area contributed by atoms with Crippen molar-refractivity contribution in [2.75, 3.05) is 0 Å². The second-order valence-corrected chi connectivity index (χ2v) is 22.1. The maximum absolute atomic E-state index is 10.7. The van der Waals surface area contributed by atoms with Gasteiger partial charge in [-0.3, -0.25) is 0 Å². The molecular formula is C60H67F3N3O3STl. The van der Waals surface area contributed by atoms with Gasteiger partial charge < -0.3 is 4.55 Å². The fourth-order valence-corrected chi connectivity index (χ4v) is 6.89. The number of alkyl halides is 3. The van der Waals surface area contributed by atoms with Crippen molar-refractivity contribution in [1.29, 1.82) is 0 Å². The smallest absolute Gasteiger partial charge is 0.741 e. The molecule has 0 bridgehead atoms. The van der Waals surface area contributed by atoms with E-state index in [9.17, 15) is 13.2 Å². The molecule has 11 heteroatoms. The Morgan fingerprint density at radius 2 is 0.690 bits per heavy atom. The van der Waals surface area contributed by atoms with Crippen molar-refractivity contribution in [3.63, 3.8) is 0 Å². The standard InChI is InChI=1S/C47H55N3.2C6H6.CHF3O3S.Tl/c1-44(2,3)34-26-28-36(46(7,8)9)40(30-34)49-42(32-20-15-13-16-21-32)38-24-19-25-39(48-38)43(33-22-17-14-18-23-33)50-41-31-35(45(4,5)6)27-29-37(41)47(10,11)12;2*1-2-4-6-5-3-1;2-1(3,4)8(5,6)7;/h13-31H,1-12H3;2*1-6H;(H,5,6,7);/q;;;;+1/p-1. The first-order valence-corrected chi connectivity index (χ1v) is 24.6. The van der Waals surface area contributed by atoms with Gasteiger partial charge in [-0.25, -0.2) is 23.4 Å². The molecule has 0 N–H and O–H groups in total. The van der Waals surface area contributed by atoms with Crippen LogP contribution in [-0.4, -0.2) is 62.2 Å². The molecular weight excluding hydrogens is 1100 g/mol. The normalized spacial score (nSPS) is 12.4. The molecule has 0 unspecified atom stereocenters. The summed E-state index contributed by atoms with van der Waals surface area (Å²) >= 11 is 0. The number of rotatable bonds is 6. The number of halogens is 3. The third-order valence-corrected chi connectivity index (χ3v) is 11.3. The van der Waals surface area contributed by atoms with Crippen LogP contribution in [0.15, 0.2) is 198 Å². The summed E-state index contributed by atoms with van der Waals surface area (Å²) in [6.07, 6.45) is 0. The third kappa shape index (κ3) is 18.8. The van der Waals surface area contributed by atoms with Crippen LogP contribution in [0.4, 0.5) is 24.5 Å². The van der Waals surface area contributed by atoms with Crippen molar-refractivity contribution in [3.05, 3.63) is 233 Å². The SMILES string of the molecule is CC(C)(C)c1ccc(C(C)(C)C)c(N=C(c2ccccc2)c2cccc(C(=Nc3cc(C(C)(C)C)ccc3C(C)(C)C)c3ccccc3)n2)c1.O=S(=O)([O-])C(F)(F)F.[Tl+].c1ccccc1.c1ccccc1. The van der Waals surface area contributed by atoms with Crippen LogP contribution in [0.5, 0.6) is 0 Å². The average Bonchev–Trinajstić information content (AvgIpc) is 3.30. The van der Waals surface area contributed by atoms with Gasteiger partial charge in [-0.2, -0.15) is 13.2 Å². The van der Waals surface area contributed by atoms with E-state index in [-0.39, 0.29) is 49.0 Å². The summed E-state index contributed by atoms with van der Waals surface area (Å²) in [6, 6.07) is 64.6. The van der Waals surface area contributed by atoms with E-state index in [1.165, 1.54) is 22.3 Å². The van der Waals surface area contributed by atoms with Crippen molar-refractivity contribution in [2.45, 2.75) is 110 Å². The molecule has 7 aromatic rings. The topological polar surface area (TPSA) is 94.8 Å². The minimum absolute atomic E-state index is 0. The average molecular weight is 1170 g/mol. The predicted molar refractivity (Wildman–Crippen MR) is 290 cm³/mol. The maximum Gasteiger partial charge on any atom is 1.00 e. The van der Waals surface area contributed by atoms with E-state index >= 15 is 0 Å². The number of hydrogen-bond acceptors (Lipinski definition) is 6. The molecule has 7 rings (SSSR count). The van der Waals surface area contributed by atoms with Crippen LogP contribution in [0.3, 0.4) is 0 Å². The first kappa shape index (κ1) is 59.7. The first-order valence-electron chi connectivity index (χ1n) is 23.2. The molecule has 0 saturated carbocycles. The molecule has 0 radical (unpaired) electrons. The predicted octanol–water partition coefficient (Wildman–Crippen LogP) is 15.7. The Morgan fingerprint density at radius 3 is 0.930 bits per heavy atom. The molecule has 0 aliphatic rings. The van der Waals surface area contributed by atoms with Crippen molar-refractivity contribution in [1.82, 2.24) is 4.98 Å². The van der Waals surface area contributed by atoms with E-state index in [1.807, 2.05) is 84.9 Å². The van der Waals surface area contributed by atoms with E-state index in [1.54, 1.807) is 0 Å². The Labute approximate surface area is 441 Å². The monoisotopic (exact) mass is 1170 g/mol.